The fraction of sp³-hybridized carbons (Fsp3) is 0.364. The Morgan fingerprint density at radius 3 is 2.72 bits per heavy atom. The van der Waals surface area contributed by atoms with Crippen molar-refractivity contribution >= 4 is 29.6 Å². The van der Waals surface area contributed by atoms with Crippen molar-refractivity contribution in [1.29, 1.82) is 0 Å². The standard InChI is InChI=1S/C22H23ClFN7O/c1-14-9-19(26-13-25-14)30-11-15-5-6-16(12-30)20(15)27-21-28-22(31(29-21)8-7-24)32-18-4-2-3-17(23)10-18/h2-4,7-10,13,15-16,20H,5-6,11-12H2,1H3,(H,27,29)/b8-7+. The molecule has 1 aliphatic carbocycles. The van der Waals surface area contributed by atoms with Crippen LogP contribution in [-0.4, -0.2) is 43.9 Å². The largest absolute Gasteiger partial charge is 0.424 e. The predicted octanol–water partition coefficient (Wildman–Crippen LogP) is 4.55. The van der Waals surface area contributed by atoms with Gasteiger partial charge in [-0.05, 0) is 49.8 Å². The van der Waals surface area contributed by atoms with Crippen molar-refractivity contribution in [3.63, 3.8) is 0 Å². The number of ether oxygens (including phenoxy) is 1. The van der Waals surface area contributed by atoms with Gasteiger partial charge in [-0.15, -0.1) is 5.10 Å². The van der Waals surface area contributed by atoms with Gasteiger partial charge < -0.3 is 15.0 Å². The Hall–Kier alpha value is -3.20. The van der Waals surface area contributed by atoms with E-state index in [1.54, 1.807) is 30.6 Å². The average Bonchev–Trinajstić information content (AvgIpc) is 3.23. The monoisotopic (exact) mass is 455 g/mol. The fourth-order valence-electron chi connectivity index (χ4n) is 4.63. The summed E-state index contributed by atoms with van der Waals surface area (Å²) in [6.45, 7) is 3.79. The SMILES string of the molecule is Cc1cc(N2CC3CCC(C2)C3Nc2nc(Oc3cccc(Cl)c3)n(/C=C/F)n2)ncn1. The summed E-state index contributed by atoms with van der Waals surface area (Å²) in [7, 11) is 0. The zero-order valence-corrected chi connectivity index (χ0v) is 18.3. The number of halogens is 2. The Labute approximate surface area is 190 Å². The molecule has 32 heavy (non-hydrogen) atoms. The van der Waals surface area contributed by atoms with E-state index in [1.165, 1.54) is 4.68 Å². The van der Waals surface area contributed by atoms with Gasteiger partial charge in [-0.3, -0.25) is 0 Å². The molecule has 2 fully saturated rings. The molecule has 2 aromatic heterocycles. The molecule has 0 spiro atoms. The van der Waals surface area contributed by atoms with Crippen LogP contribution in [0.1, 0.15) is 18.5 Å². The molecular weight excluding hydrogens is 433 g/mol. The quantitative estimate of drug-likeness (QED) is 0.584. The summed E-state index contributed by atoms with van der Waals surface area (Å²) in [5.41, 5.74) is 0.963. The minimum atomic E-state index is 0.157. The lowest BCUT2D eigenvalue weighted by atomic mass is 9.92. The normalized spacial score (nSPS) is 22.5. The average molecular weight is 456 g/mol. The molecule has 2 atom stereocenters. The number of aromatic nitrogens is 5. The van der Waals surface area contributed by atoms with E-state index >= 15 is 0 Å². The van der Waals surface area contributed by atoms with Gasteiger partial charge in [0, 0.05) is 35.9 Å². The number of anilines is 2. The van der Waals surface area contributed by atoms with Crippen molar-refractivity contribution in [3.8, 4) is 11.8 Å². The van der Waals surface area contributed by atoms with Crippen LogP contribution in [0.2, 0.25) is 5.02 Å². The molecule has 1 saturated carbocycles. The molecule has 2 aliphatic rings. The highest BCUT2D eigenvalue weighted by Gasteiger charge is 2.43. The molecule has 1 saturated heterocycles. The molecule has 3 heterocycles. The maximum absolute atomic E-state index is 12.9. The summed E-state index contributed by atoms with van der Waals surface area (Å²) in [5.74, 6) is 2.75. The van der Waals surface area contributed by atoms with Crippen LogP contribution >= 0.6 is 11.6 Å². The van der Waals surface area contributed by atoms with Crippen LogP contribution in [0, 0.1) is 18.8 Å². The van der Waals surface area contributed by atoms with Crippen LogP contribution in [0.5, 0.6) is 11.8 Å². The highest BCUT2D eigenvalue weighted by molar-refractivity contribution is 6.30. The van der Waals surface area contributed by atoms with Gasteiger partial charge in [0.1, 0.15) is 24.2 Å². The number of aryl methyl sites for hydroxylation is 1. The molecule has 10 heteroatoms. The molecule has 3 aromatic rings. The first kappa shape index (κ1) is 20.7. The van der Waals surface area contributed by atoms with Gasteiger partial charge in [-0.25, -0.2) is 14.4 Å². The van der Waals surface area contributed by atoms with Gasteiger partial charge >= 0.3 is 6.01 Å². The third kappa shape index (κ3) is 4.25. The Kier molecular flexibility index (Phi) is 5.65. The summed E-state index contributed by atoms with van der Waals surface area (Å²) in [4.78, 5) is 15.4. The molecule has 0 radical (unpaired) electrons. The maximum atomic E-state index is 12.9. The van der Waals surface area contributed by atoms with Gasteiger partial charge in [0.2, 0.25) is 5.95 Å². The van der Waals surface area contributed by atoms with Gasteiger partial charge in [0.05, 0.1) is 6.20 Å². The van der Waals surface area contributed by atoms with Crippen molar-refractivity contribution in [3.05, 3.63) is 53.7 Å². The second kappa shape index (κ2) is 8.74. The van der Waals surface area contributed by atoms with Gasteiger partial charge in [-0.2, -0.15) is 9.67 Å². The van der Waals surface area contributed by atoms with E-state index in [4.69, 9.17) is 16.3 Å². The van der Waals surface area contributed by atoms with E-state index in [9.17, 15) is 4.39 Å². The molecule has 0 amide bonds. The summed E-state index contributed by atoms with van der Waals surface area (Å²) >= 11 is 6.03. The number of nitrogens with zero attached hydrogens (tertiary/aromatic N) is 6. The molecule has 8 nitrogen and oxygen atoms in total. The first-order valence-electron chi connectivity index (χ1n) is 10.6. The zero-order valence-electron chi connectivity index (χ0n) is 17.5. The fourth-order valence-corrected chi connectivity index (χ4v) is 4.81. The summed E-state index contributed by atoms with van der Waals surface area (Å²) in [5, 5.41) is 8.39. The topological polar surface area (TPSA) is 81.0 Å². The predicted molar refractivity (Wildman–Crippen MR) is 121 cm³/mol. The van der Waals surface area contributed by atoms with Crippen LogP contribution in [0.15, 0.2) is 43.0 Å². The van der Waals surface area contributed by atoms with Crippen LogP contribution in [0.3, 0.4) is 0 Å². The zero-order chi connectivity index (χ0) is 22.1. The van der Waals surface area contributed by atoms with Crippen molar-refractivity contribution in [1.82, 2.24) is 24.7 Å². The van der Waals surface area contributed by atoms with Crippen LogP contribution in [-0.2, 0) is 0 Å². The lowest BCUT2D eigenvalue weighted by Gasteiger charge is -2.38. The van der Waals surface area contributed by atoms with Crippen molar-refractivity contribution < 1.29 is 9.13 Å². The number of rotatable bonds is 6. The Balaban J connectivity index is 1.32. The summed E-state index contributed by atoms with van der Waals surface area (Å²) in [6, 6.07) is 9.35. The Morgan fingerprint density at radius 1 is 1.19 bits per heavy atom. The van der Waals surface area contributed by atoms with E-state index in [0.29, 0.717) is 34.9 Å². The summed E-state index contributed by atoms with van der Waals surface area (Å²) < 4.78 is 20.0. The van der Waals surface area contributed by atoms with E-state index in [-0.39, 0.29) is 12.1 Å². The highest BCUT2D eigenvalue weighted by atomic mass is 35.5. The minimum Gasteiger partial charge on any atom is -0.424 e. The van der Waals surface area contributed by atoms with E-state index in [2.05, 4.69) is 30.3 Å². The molecule has 2 bridgehead atoms. The molecule has 166 valence electrons. The second-order valence-corrected chi connectivity index (χ2v) is 8.62. The van der Waals surface area contributed by atoms with E-state index in [1.807, 2.05) is 13.0 Å². The third-order valence-corrected chi connectivity index (χ3v) is 6.28. The smallest absolute Gasteiger partial charge is 0.326 e. The molecule has 1 N–H and O–H groups in total. The van der Waals surface area contributed by atoms with E-state index in [0.717, 1.165) is 43.6 Å². The van der Waals surface area contributed by atoms with Crippen LogP contribution in [0.25, 0.3) is 6.20 Å². The second-order valence-electron chi connectivity index (χ2n) is 8.19. The van der Waals surface area contributed by atoms with Gasteiger partial charge in [-0.1, -0.05) is 17.7 Å². The Morgan fingerprint density at radius 2 is 2.00 bits per heavy atom. The lowest BCUT2D eigenvalue weighted by Crippen LogP contribution is -2.48. The van der Waals surface area contributed by atoms with Crippen LogP contribution in [0.4, 0.5) is 16.2 Å². The molecule has 1 aliphatic heterocycles. The number of benzene rings is 1. The first-order chi connectivity index (χ1) is 15.6. The van der Waals surface area contributed by atoms with Crippen molar-refractivity contribution in [2.75, 3.05) is 23.3 Å². The molecule has 2 unspecified atom stereocenters. The number of piperidine rings is 1. The number of hydrogen-bond donors (Lipinski definition) is 1. The Bertz CT molecular complexity index is 1120. The first-order valence-corrected chi connectivity index (χ1v) is 10.9. The lowest BCUT2D eigenvalue weighted by molar-refractivity contribution is 0.374. The van der Waals surface area contributed by atoms with Crippen LogP contribution < -0.4 is 15.0 Å². The number of nitrogens with one attached hydrogen (secondary N) is 1. The highest BCUT2D eigenvalue weighted by Crippen LogP contribution is 2.39. The summed E-state index contributed by atoms with van der Waals surface area (Å²) in [6.07, 6.45) is 5.43. The number of hydrogen-bond acceptors (Lipinski definition) is 7. The molecule has 5 rings (SSSR count). The molecule has 1 aromatic carbocycles. The number of fused-ring (bicyclic) bond motifs is 2. The third-order valence-electron chi connectivity index (χ3n) is 6.05. The van der Waals surface area contributed by atoms with Gasteiger partial charge in [0.15, 0.2) is 0 Å². The minimum absolute atomic E-state index is 0.157. The maximum Gasteiger partial charge on any atom is 0.326 e. The van der Waals surface area contributed by atoms with Crippen molar-refractivity contribution in [2.24, 2.45) is 11.8 Å². The van der Waals surface area contributed by atoms with Gasteiger partial charge in [0.25, 0.3) is 0 Å². The molecular formula is C22H23ClFN7O. The van der Waals surface area contributed by atoms with Crippen molar-refractivity contribution in [2.45, 2.75) is 25.8 Å². The van der Waals surface area contributed by atoms with E-state index < -0.39 is 0 Å².